The summed E-state index contributed by atoms with van der Waals surface area (Å²) in [5.41, 5.74) is 3.06. The van der Waals surface area contributed by atoms with E-state index in [1.165, 1.54) is 25.0 Å². The molecule has 0 aliphatic carbocycles. The zero-order chi connectivity index (χ0) is 24.1. The van der Waals surface area contributed by atoms with Crippen molar-refractivity contribution in [3.63, 3.8) is 0 Å². The minimum absolute atomic E-state index is 0.111. The zero-order valence-electron chi connectivity index (χ0n) is 18.0. The number of nitrogens with one attached hydrogen (secondary N) is 2. The maximum absolute atomic E-state index is 13.6. The summed E-state index contributed by atoms with van der Waals surface area (Å²) in [7, 11) is 0. The molecule has 0 aliphatic rings. The average molecular weight is 495 g/mol. The first-order valence-electron chi connectivity index (χ1n) is 10.6. The van der Waals surface area contributed by atoms with Gasteiger partial charge >= 0.3 is 0 Å². The molecule has 0 spiro atoms. The van der Waals surface area contributed by atoms with E-state index >= 15 is 0 Å². The van der Waals surface area contributed by atoms with Crippen molar-refractivity contribution in [2.24, 2.45) is 0 Å². The van der Waals surface area contributed by atoms with Gasteiger partial charge in [-0.25, -0.2) is 9.97 Å². The van der Waals surface area contributed by atoms with Crippen molar-refractivity contribution in [3.8, 4) is 0 Å². The monoisotopic (exact) mass is 494 g/mol. The third kappa shape index (κ3) is 5.50. The van der Waals surface area contributed by atoms with E-state index < -0.39 is 0 Å². The highest BCUT2D eigenvalue weighted by Crippen LogP contribution is 2.25. The minimum Gasteiger partial charge on any atom is -0.342 e. The molecule has 0 saturated heterocycles. The first kappa shape index (κ1) is 23.6. The summed E-state index contributed by atoms with van der Waals surface area (Å²) in [6, 6.07) is 10.0. The second-order valence-corrected chi connectivity index (χ2v) is 8.58. The molecular weight excluding hydrogens is 475 g/mol. The van der Waals surface area contributed by atoms with Crippen LogP contribution < -0.4 is 0 Å². The fourth-order valence-electron chi connectivity index (χ4n) is 3.71. The molecule has 7 nitrogen and oxygen atoms in total. The Morgan fingerprint density at radius 1 is 0.706 bits per heavy atom. The SMILES string of the molecule is O=C(CCc1cc(Cl)ccc1C(=O)c1ccc(Cl)cc1CCC(=O)c1cnc[nH]1)c1cnc[nH]1. The maximum atomic E-state index is 13.6. The Kier molecular flexibility index (Phi) is 7.35. The molecule has 2 N–H and O–H groups in total. The van der Waals surface area contributed by atoms with E-state index in [1.54, 1.807) is 36.4 Å². The maximum Gasteiger partial charge on any atom is 0.193 e. The fourth-order valence-corrected chi connectivity index (χ4v) is 4.10. The lowest BCUT2D eigenvalue weighted by Gasteiger charge is -2.13. The number of hydrogen-bond donors (Lipinski definition) is 2. The van der Waals surface area contributed by atoms with Crippen LogP contribution in [0.15, 0.2) is 61.4 Å². The lowest BCUT2D eigenvalue weighted by atomic mass is 9.91. The van der Waals surface area contributed by atoms with Gasteiger partial charge in [0.1, 0.15) is 11.4 Å². The van der Waals surface area contributed by atoms with Crippen LogP contribution in [0, 0.1) is 0 Å². The number of H-pyrrole nitrogens is 2. The molecule has 4 aromatic rings. The number of imidazole rings is 2. The number of carbonyl (C=O) groups is 3. The van der Waals surface area contributed by atoms with Crippen LogP contribution in [0.2, 0.25) is 10.0 Å². The molecule has 2 heterocycles. The summed E-state index contributed by atoms with van der Waals surface area (Å²) in [6.07, 6.45) is 6.88. The first-order chi connectivity index (χ1) is 16.4. The zero-order valence-corrected chi connectivity index (χ0v) is 19.5. The number of ketones is 3. The van der Waals surface area contributed by atoms with Crippen LogP contribution in [-0.4, -0.2) is 37.3 Å². The molecule has 0 unspecified atom stereocenters. The molecule has 34 heavy (non-hydrogen) atoms. The predicted octanol–water partition coefficient (Wildman–Crippen LogP) is 5.30. The van der Waals surface area contributed by atoms with Crippen molar-refractivity contribution in [2.45, 2.75) is 25.7 Å². The Labute approximate surface area is 205 Å². The van der Waals surface area contributed by atoms with Crippen LogP contribution in [-0.2, 0) is 12.8 Å². The number of benzene rings is 2. The van der Waals surface area contributed by atoms with E-state index in [0.29, 0.717) is 56.5 Å². The molecule has 4 rings (SSSR count). The number of carbonyl (C=O) groups excluding carboxylic acids is 3. The summed E-state index contributed by atoms with van der Waals surface area (Å²) in [5.74, 6) is -0.443. The van der Waals surface area contributed by atoms with Crippen molar-refractivity contribution in [3.05, 3.63) is 105 Å². The number of rotatable bonds is 10. The molecule has 0 atom stereocenters. The van der Waals surface area contributed by atoms with Gasteiger partial charge in [-0.15, -0.1) is 0 Å². The van der Waals surface area contributed by atoms with E-state index in [2.05, 4.69) is 19.9 Å². The van der Waals surface area contributed by atoms with Crippen LogP contribution in [0.25, 0.3) is 0 Å². The van der Waals surface area contributed by atoms with E-state index in [9.17, 15) is 14.4 Å². The largest absolute Gasteiger partial charge is 0.342 e. The molecule has 0 aliphatic heterocycles. The van der Waals surface area contributed by atoms with E-state index in [0.717, 1.165) is 0 Å². The number of aryl methyl sites for hydroxylation is 2. The third-order valence-corrected chi connectivity index (χ3v) is 5.93. The number of halogens is 2. The van der Waals surface area contributed by atoms with E-state index in [1.807, 2.05) is 0 Å². The summed E-state index contributed by atoms with van der Waals surface area (Å²) in [5, 5.41) is 0.948. The van der Waals surface area contributed by atoms with Crippen LogP contribution >= 0.6 is 23.2 Å². The first-order valence-corrected chi connectivity index (χ1v) is 11.3. The van der Waals surface area contributed by atoms with Gasteiger partial charge in [-0.05, 0) is 60.4 Å². The van der Waals surface area contributed by atoms with Gasteiger partial charge in [-0.2, -0.15) is 0 Å². The van der Waals surface area contributed by atoms with Crippen molar-refractivity contribution in [2.75, 3.05) is 0 Å². The predicted molar refractivity (Wildman–Crippen MR) is 129 cm³/mol. The third-order valence-electron chi connectivity index (χ3n) is 5.46. The number of aromatic nitrogens is 4. The van der Waals surface area contributed by atoms with Crippen LogP contribution in [0.3, 0.4) is 0 Å². The molecule has 0 radical (unpaired) electrons. The standard InChI is InChI=1S/C25H20Cl2N4O3/c26-17-3-5-19(15(9-17)1-7-23(32)21-11-28-13-30-21)25(34)20-6-4-18(27)10-16(20)2-8-24(33)22-12-29-14-31-22/h3-6,9-14H,1-2,7-8H2,(H,28,30)(H,29,31). The Morgan fingerprint density at radius 2 is 1.15 bits per heavy atom. The van der Waals surface area contributed by atoms with Crippen LogP contribution in [0.1, 0.15) is 60.9 Å². The normalized spacial score (nSPS) is 10.9. The summed E-state index contributed by atoms with van der Waals surface area (Å²) >= 11 is 12.4. The van der Waals surface area contributed by atoms with Crippen molar-refractivity contribution in [1.29, 1.82) is 0 Å². The molecule has 172 valence electrons. The summed E-state index contributed by atoms with van der Waals surface area (Å²) in [6.45, 7) is 0. The quantitative estimate of drug-likeness (QED) is 0.290. The molecule has 9 heteroatoms. The van der Waals surface area contributed by atoms with E-state index in [-0.39, 0.29) is 30.2 Å². The Morgan fingerprint density at radius 3 is 1.53 bits per heavy atom. The van der Waals surface area contributed by atoms with Crippen molar-refractivity contribution in [1.82, 2.24) is 19.9 Å². The Balaban J connectivity index is 1.57. The second kappa shape index (κ2) is 10.6. The second-order valence-electron chi connectivity index (χ2n) is 7.71. The highest BCUT2D eigenvalue weighted by Gasteiger charge is 2.20. The van der Waals surface area contributed by atoms with Gasteiger partial charge in [-0.3, -0.25) is 14.4 Å². The lowest BCUT2D eigenvalue weighted by Crippen LogP contribution is -2.11. The molecular formula is C25H20Cl2N4O3. The molecule has 0 bridgehead atoms. The van der Waals surface area contributed by atoms with Gasteiger partial charge in [-0.1, -0.05) is 23.2 Å². The summed E-state index contributed by atoms with van der Waals surface area (Å²) < 4.78 is 0. The topological polar surface area (TPSA) is 109 Å². The Bertz CT molecular complexity index is 1230. The number of hydrogen-bond acceptors (Lipinski definition) is 5. The molecule has 0 saturated carbocycles. The number of Topliss-reactive ketones (excluding diaryl/α,β-unsaturated/α-hetero) is 2. The van der Waals surface area contributed by atoms with E-state index in [4.69, 9.17) is 23.2 Å². The summed E-state index contributed by atoms with van der Waals surface area (Å²) in [4.78, 5) is 51.7. The van der Waals surface area contributed by atoms with Crippen LogP contribution in [0.4, 0.5) is 0 Å². The van der Waals surface area contributed by atoms with Gasteiger partial charge in [0.2, 0.25) is 0 Å². The number of nitrogens with zero attached hydrogens (tertiary/aromatic N) is 2. The van der Waals surface area contributed by atoms with Crippen molar-refractivity contribution < 1.29 is 14.4 Å². The van der Waals surface area contributed by atoms with Gasteiger partial charge in [0, 0.05) is 34.0 Å². The molecule has 0 amide bonds. The van der Waals surface area contributed by atoms with Crippen molar-refractivity contribution >= 4 is 40.6 Å². The smallest absolute Gasteiger partial charge is 0.193 e. The highest BCUT2D eigenvalue weighted by molar-refractivity contribution is 6.31. The molecule has 0 fully saturated rings. The molecule has 2 aromatic heterocycles. The lowest BCUT2D eigenvalue weighted by molar-refractivity contribution is 0.0970. The average Bonchev–Trinajstić information content (AvgIpc) is 3.55. The highest BCUT2D eigenvalue weighted by atomic mass is 35.5. The van der Waals surface area contributed by atoms with Gasteiger partial charge in [0.15, 0.2) is 17.3 Å². The van der Waals surface area contributed by atoms with Gasteiger partial charge in [0.25, 0.3) is 0 Å². The minimum atomic E-state index is -0.221. The van der Waals surface area contributed by atoms with Gasteiger partial charge < -0.3 is 9.97 Å². The fraction of sp³-hybridized carbons (Fsp3) is 0.160. The number of aromatic amines is 2. The van der Waals surface area contributed by atoms with Gasteiger partial charge in [0.05, 0.1) is 25.0 Å². The van der Waals surface area contributed by atoms with Crippen LogP contribution in [0.5, 0.6) is 0 Å². The molecule has 2 aromatic carbocycles. The Hall–Kier alpha value is -3.55.